The topological polar surface area (TPSA) is 110 Å². The Labute approximate surface area is 186 Å². The zero-order valence-electron chi connectivity index (χ0n) is 17.2. The van der Waals surface area contributed by atoms with E-state index in [9.17, 15) is 22.8 Å². The number of hydrogen-bond acceptors (Lipinski definition) is 6. The van der Waals surface area contributed by atoms with Crippen molar-refractivity contribution in [3.8, 4) is 11.5 Å². The summed E-state index contributed by atoms with van der Waals surface area (Å²) in [6.45, 7) is -0.346. The van der Waals surface area contributed by atoms with E-state index < -0.39 is 31.0 Å². The summed E-state index contributed by atoms with van der Waals surface area (Å²) in [6.07, 6.45) is -5.47. The number of pyridine rings is 1. The summed E-state index contributed by atoms with van der Waals surface area (Å²) in [5.74, 6) is -0.611. The molecular weight excluding hydrogens is 443 g/mol. The van der Waals surface area contributed by atoms with Crippen LogP contribution in [0, 0.1) is 0 Å². The molecule has 3 rings (SSSR count). The Morgan fingerprint density at radius 2 is 1.70 bits per heavy atom. The molecule has 2 aromatic carbocycles. The van der Waals surface area contributed by atoms with Crippen molar-refractivity contribution in [2.24, 2.45) is 0 Å². The highest BCUT2D eigenvalue weighted by atomic mass is 19.4. The number of rotatable bonds is 9. The number of halogens is 3. The van der Waals surface area contributed by atoms with Crippen LogP contribution in [0.3, 0.4) is 0 Å². The fourth-order valence-corrected chi connectivity index (χ4v) is 2.85. The van der Waals surface area contributed by atoms with Crippen molar-refractivity contribution in [3.63, 3.8) is 0 Å². The maximum Gasteiger partial charge on any atom is 0.392 e. The van der Waals surface area contributed by atoms with E-state index in [1.807, 2.05) is 0 Å². The number of carbonyl (C=O) groups is 2. The van der Waals surface area contributed by atoms with Gasteiger partial charge in [0.1, 0.15) is 23.8 Å². The largest absolute Gasteiger partial charge is 0.492 e. The fourth-order valence-electron chi connectivity index (χ4n) is 2.85. The number of benzene rings is 2. The van der Waals surface area contributed by atoms with E-state index >= 15 is 0 Å². The van der Waals surface area contributed by atoms with Crippen LogP contribution in [0.4, 0.5) is 13.2 Å². The van der Waals surface area contributed by atoms with Crippen LogP contribution >= 0.6 is 0 Å². The van der Waals surface area contributed by atoms with Crippen molar-refractivity contribution in [3.05, 3.63) is 65.9 Å². The summed E-state index contributed by atoms with van der Waals surface area (Å²) in [6, 6.07) is 13.9. The third kappa shape index (κ3) is 6.81. The van der Waals surface area contributed by atoms with Crippen molar-refractivity contribution in [1.82, 2.24) is 15.8 Å². The zero-order valence-corrected chi connectivity index (χ0v) is 17.2. The van der Waals surface area contributed by atoms with Gasteiger partial charge in [-0.15, -0.1) is 0 Å². The van der Waals surface area contributed by atoms with Gasteiger partial charge in [-0.2, -0.15) is 13.2 Å². The van der Waals surface area contributed by atoms with E-state index in [1.54, 1.807) is 24.3 Å². The molecule has 1 aromatic heterocycles. The Kier molecular flexibility index (Phi) is 7.67. The number of carbonyl (C=O) groups excluding carboxylic acids is 2. The van der Waals surface area contributed by atoms with Crippen LogP contribution < -0.4 is 20.3 Å². The van der Waals surface area contributed by atoms with E-state index in [1.165, 1.54) is 35.8 Å². The molecule has 33 heavy (non-hydrogen) atoms. The maximum absolute atomic E-state index is 12.5. The van der Waals surface area contributed by atoms with Crippen LogP contribution in [0.5, 0.6) is 11.5 Å². The molecule has 0 spiro atoms. The van der Waals surface area contributed by atoms with Crippen LogP contribution in [0.15, 0.2) is 54.6 Å². The van der Waals surface area contributed by atoms with Gasteiger partial charge in [0.15, 0.2) is 0 Å². The molecule has 0 fully saturated rings. The van der Waals surface area contributed by atoms with Gasteiger partial charge in [0.2, 0.25) is 0 Å². The molecule has 3 N–H and O–H groups in total. The first kappa shape index (κ1) is 23.8. The first-order valence-electron chi connectivity index (χ1n) is 9.81. The van der Waals surface area contributed by atoms with Gasteiger partial charge in [-0.05, 0) is 36.4 Å². The Hall–Kier alpha value is -3.86. The SMILES string of the molecule is O=C(NO)c1ccc(OCCNC(=O)c2cc(OCCC(F)(F)F)c3ccccc3n2)cc1. The molecule has 0 aliphatic carbocycles. The third-order valence-corrected chi connectivity index (χ3v) is 4.43. The first-order chi connectivity index (χ1) is 15.8. The minimum Gasteiger partial charge on any atom is -0.492 e. The number of hydrogen-bond donors (Lipinski definition) is 3. The van der Waals surface area contributed by atoms with E-state index in [0.29, 0.717) is 16.7 Å². The molecule has 0 atom stereocenters. The van der Waals surface area contributed by atoms with Crippen molar-refractivity contribution in [2.45, 2.75) is 12.6 Å². The summed E-state index contributed by atoms with van der Waals surface area (Å²) in [7, 11) is 0. The normalized spacial score (nSPS) is 11.2. The Bertz CT molecular complexity index is 1120. The summed E-state index contributed by atoms with van der Waals surface area (Å²) >= 11 is 0. The van der Waals surface area contributed by atoms with Crippen molar-refractivity contribution >= 4 is 22.7 Å². The summed E-state index contributed by atoms with van der Waals surface area (Å²) in [5, 5.41) is 11.7. The average molecular weight is 463 g/mol. The van der Waals surface area contributed by atoms with E-state index in [0.717, 1.165) is 0 Å². The second-order valence-electron chi connectivity index (χ2n) is 6.81. The molecule has 3 aromatic rings. The predicted octanol–water partition coefficient (Wildman–Crippen LogP) is 3.49. The number of nitrogens with zero attached hydrogens (tertiary/aromatic N) is 1. The van der Waals surface area contributed by atoms with Gasteiger partial charge in [-0.1, -0.05) is 12.1 Å². The van der Waals surface area contributed by atoms with Crippen LogP contribution in [-0.4, -0.2) is 47.9 Å². The lowest BCUT2D eigenvalue weighted by Gasteiger charge is -2.13. The second-order valence-corrected chi connectivity index (χ2v) is 6.81. The van der Waals surface area contributed by atoms with Crippen LogP contribution in [0.25, 0.3) is 10.9 Å². The Morgan fingerprint density at radius 3 is 2.39 bits per heavy atom. The number of aromatic nitrogens is 1. The Morgan fingerprint density at radius 1 is 0.970 bits per heavy atom. The summed E-state index contributed by atoms with van der Waals surface area (Å²) in [4.78, 5) is 28.0. The molecule has 0 aliphatic heterocycles. The van der Waals surface area contributed by atoms with Gasteiger partial charge in [0.25, 0.3) is 11.8 Å². The monoisotopic (exact) mass is 463 g/mol. The van der Waals surface area contributed by atoms with Crippen molar-refractivity contribution in [1.29, 1.82) is 0 Å². The lowest BCUT2D eigenvalue weighted by Crippen LogP contribution is -2.29. The van der Waals surface area contributed by atoms with Crippen LogP contribution in [0.2, 0.25) is 0 Å². The van der Waals surface area contributed by atoms with Gasteiger partial charge >= 0.3 is 6.18 Å². The number of hydroxylamine groups is 1. The second kappa shape index (κ2) is 10.6. The number of nitrogens with one attached hydrogen (secondary N) is 2. The molecule has 0 aliphatic rings. The summed E-state index contributed by atoms with van der Waals surface area (Å²) in [5.41, 5.74) is 2.17. The van der Waals surface area contributed by atoms with Crippen molar-refractivity contribution < 1.29 is 37.4 Å². The quantitative estimate of drug-likeness (QED) is 0.255. The highest BCUT2D eigenvalue weighted by Gasteiger charge is 2.27. The number of alkyl halides is 3. The molecule has 2 amide bonds. The zero-order chi connectivity index (χ0) is 23.8. The van der Waals surface area contributed by atoms with Gasteiger partial charge in [0.05, 0.1) is 25.1 Å². The molecule has 1 heterocycles. The number of amides is 2. The van der Waals surface area contributed by atoms with Gasteiger partial charge in [0, 0.05) is 17.0 Å². The predicted molar refractivity (Wildman–Crippen MR) is 111 cm³/mol. The highest BCUT2D eigenvalue weighted by molar-refractivity contribution is 5.97. The molecular formula is C22H20F3N3O5. The highest BCUT2D eigenvalue weighted by Crippen LogP contribution is 2.27. The number of fused-ring (bicyclic) bond motifs is 1. The molecule has 0 radical (unpaired) electrons. The smallest absolute Gasteiger partial charge is 0.392 e. The van der Waals surface area contributed by atoms with Gasteiger partial charge < -0.3 is 14.8 Å². The van der Waals surface area contributed by atoms with Crippen molar-refractivity contribution in [2.75, 3.05) is 19.8 Å². The standard InChI is InChI=1S/C22H20F3N3O5/c23-22(24,25)9-11-33-19-13-18(27-17-4-2-1-3-16(17)19)21(30)26-10-12-32-15-7-5-14(6-8-15)20(29)28-31/h1-8,13,31H,9-12H2,(H,26,30)(H,28,29). The molecule has 8 nitrogen and oxygen atoms in total. The number of para-hydroxylation sites is 1. The van der Waals surface area contributed by atoms with Gasteiger partial charge in [-0.25, -0.2) is 10.5 Å². The van der Waals surface area contributed by atoms with Gasteiger partial charge in [-0.3, -0.25) is 14.8 Å². The molecule has 11 heteroatoms. The minimum absolute atomic E-state index is 0.00456. The van der Waals surface area contributed by atoms with Crippen LogP contribution in [0.1, 0.15) is 27.3 Å². The number of ether oxygens (including phenoxy) is 2. The van der Waals surface area contributed by atoms with E-state index in [2.05, 4.69) is 10.3 Å². The average Bonchev–Trinajstić information content (AvgIpc) is 2.80. The van der Waals surface area contributed by atoms with E-state index in [-0.39, 0.29) is 30.2 Å². The molecule has 0 saturated heterocycles. The molecule has 0 saturated carbocycles. The molecule has 174 valence electrons. The first-order valence-corrected chi connectivity index (χ1v) is 9.81. The third-order valence-electron chi connectivity index (χ3n) is 4.43. The lowest BCUT2D eigenvalue weighted by molar-refractivity contribution is -0.139. The maximum atomic E-state index is 12.5. The lowest BCUT2D eigenvalue weighted by atomic mass is 10.1. The molecule has 0 unspecified atom stereocenters. The minimum atomic E-state index is -4.35. The summed E-state index contributed by atoms with van der Waals surface area (Å²) < 4.78 is 48.1. The fraction of sp³-hybridized carbons (Fsp3) is 0.227. The Balaban J connectivity index is 1.59. The van der Waals surface area contributed by atoms with Crippen LogP contribution in [-0.2, 0) is 0 Å². The van der Waals surface area contributed by atoms with E-state index in [4.69, 9.17) is 14.7 Å². The molecule has 0 bridgehead atoms.